The van der Waals surface area contributed by atoms with Crippen molar-refractivity contribution < 1.29 is 9.18 Å². The lowest BCUT2D eigenvalue weighted by Gasteiger charge is -1.94. The first kappa shape index (κ1) is 15.3. The van der Waals surface area contributed by atoms with Crippen LogP contribution in [0.15, 0.2) is 48.1 Å². The van der Waals surface area contributed by atoms with Gasteiger partial charge in [0.05, 0.1) is 17.5 Å². The van der Waals surface area contributed by atoms with E-state index >= 15 is 0 Å². The number of benzene rings is 1. The number of rotatable bonds is 5. The lowest BCUT2D eigenvalue weighted by Crippen LogP contribution is -1.94. The highest BCUT2D eigenvalue weighted by Crippen LogP contribution is 2.24. The summed E-state index contributed by atoms with van der Waals surface area (Å²) >= 11 is 1.45. The molecule has 0 atom stereocenters. The molecular formula is C17H14FN3OS. The number of ketones is 1. The summed E-state index contributed by atoms with van der Waals surface area (Å²) in [7, 11) is 0. The van der Waals surface area contributed by atoms with Gasteiger partial charge in [-0.25, -0.2) is 9.37 Å². The molecule has 0 amide bonds. The van der Waals surface area contributed by atoms with Gasteiger partial charge in [-0.05, 0) is 43.3 Å². The topological polar surface area (TPSA) is 47.8 Å². The number of hydrogen-bond acceptors (Lipinski definition) is 4. The highest BCUT2D eigenvalue weighted by atomic mass is 32.1. The Bertz CT molecular complexity index is 849. The first-order valence-electron chi connectivity index (χ1n) is 7.12. The Morgan fingerprint density at radius 1 is 1.35 bits per heavy atom. The molecule has 116 valence electrons. The fourth-order valence-electron chi connectivity index (χ4n) is 2.01. The maximum absolute atomic E-state index is 12.9. The summed E-state index contributed by atoms with van der Waals surface area (Å²) in [6, 6.07) is 6.18. The minimum absolute atomic E-state index is 0.110. The van der Waals surface area contributed by atoms with E-state index in [0.717, 1.165) is 17.1 Å². The fourth-order valence-corrected chi connectivity index (χ4v) is 2.80. The maximum Gasteiger partial charge on any atom is 0.189 e. The molecule has 4 nitrogen and oxygen atoms in total. The maximum atomic E-state index is 12.9. The molecule has 1 aromatic carbocycles. The number of carbonyl (C=O) groups is 1. The number of aromatic nitrogens is 3. The second kappa shape index (κ2) is 6.66. The minimum atomic E-state index is -0.274. The van der Waals surface area contributed by atoms with E-state index in [1.807, 2.05) is 12.3 Å². The van der Waals surface area contributed by atoms with Crippen LogP contribution in [-0.2, 0) is 6.54 Å². The summed E-state index contributed by atoms with van der Waals surface area (Å²) < 4.78 is 14.6. The summed E-state index contributed by atoms with van der Waals surface area (Å²) in [4.78, 5) is 16.5. The van der Waals surface area contributed by atoms with Crippen LogP contribution in [0.25, 0.3) is 16.6 Å². The number of aryl methyl sites for hydroxylation is 1. The monoisotopic (exact) mass is 327 g/mol. The van der Waals surface area contributed by atoms with E-state index in [4.69, 9.17) is 0 Å². The number of thiazole rings is 1. The molecule has 0 unspecified atom stereocenters. The van der Waals surface area contributed by atoms with E-state index in [1.165, 1.54) is 29.5 Å². The molecule has 2 aromatic heterocycles. The average molecular weight is 327 g/mol. The lowest BCUT2D eigenvalue weighted by atomic mass is 10.2. The largest absolute Gasteiger partial charge is 0.289 e. The number of halogens is 1. The van der Waals surface area contributed by atoms with Gasteiger partial charge in [0.1, 0.15) is 10.8 Å². The molecule has 0 radical (unpaired) electrons. The second-order valence-electron chi connectivity index (χ2n) is 4.87. The molecule has 3 aromatic rings. The zero-order valence-electron chi connectivity index (χ0n) is 12.4. The summed E-state index contributed by atoms with van der Waals surface area (Å²) in [5.74, 6) is -0.385. The van der Waals surface area contributed by atoms with Gasteiger partial charge >= 0.3 is 0 Å². The zero-order chi connectivity index (χ0) is 16.2. The fraction of sp³-hybridized carbons (Fsp3) is 0.118. The molecule has 0 bridgehead atoms. The molecule has 0 spiro atoms. The van der Waals surface area contributed by atoms with Crippen LogP contribution >= 0.6 is 11.3 Å². The third-order valence-electron chi connectivity index (χ3n) is 3.26. The Kier molecular flexibility index (Phi) is 4.43. The highest BCUT2D eigenvalue weighted by molar-refractivity contribution is 7.13. The van der Waals surface area contributed by atoms with E-state index in [-0.39, 0.29) is 11.6 Å². The predicted octanol–water partition coefficient (Wildman–Crippen LogP) is 4.06. The van der Waals surface area contributed by atoms with E-state index in [1.54, 1.807) is 35.3 Å². The van der Waals surface area contributed by atoms with Crippen molar-refractivity contribution in [1.29, 1.82) is 0 Å². The van der Waals surface area contributed by atoms with Gasteiger partial charge in [0, 0.05) is 23.7 Å². The van der Waals surface area contributed by atoms with Crippen molar-refractivity contribution in [2.24, 2.45) is 0 Å². The number of nitrogens with zero attached hydrogens (tertiary/aromatic N) is 3. The average Bonchev–Trinajstić information content (AvgIpc) is 3.22. The van der Waals surface area contributed by atoms with Gasteiger partial charge in [-0.15, -0.1) is 11.3 Å². The third-order valence-corrected chi connectivity index (χ3v) is 4.17. The summed E-state index contributed by atoms with van der Waals surface area (Å²) in [6.45, 7) is 2.69. The third kappa shape index (κ3) is 3.60. The Morgan fingerprint density at radius 3 is 2.83 bits per heavy atom. The Hall–Kier alpha value is -2.60. The van der Waals surface area contributed by atoms with Crippen LogP contribution in [0.3, 0.4) is 0 Å². The van der Waals surface area contributed by atoms with Crippen LogP contribution in [0.4, 0.5) is 4.39 Å². The SMILES string of the molecule is CCn1cc(C(=O)/C=C/c2csc(-c3ccc(F)cc3)n2)cn1. The zero-order valence-corrected chi connectivity index (χ0v) is 13.3. The van der Waals surface area contributed by atoms with Crippen LogP contribution in [0.2, 0.25) is 0 Å². The van der Waals surface area contributed by atoms with Gasteiger partial charge in [-0.1, -0.05) is 0 Å². The normalized spacial score (nSPS) is 11.2. The van der Waals surface area contributed by atoms with Gasteiger partial charge in [0.2, 0.25) is 0 Å². The molecule has 23 heavy (non-hydrogen) atoms. The summed E-state index contributed by atoms with van der Waals surface area (Å²) in [5.41, 5.74) is 2.11. The van der Waals surface area contributed by atoms with E-state index < -0.39 is 0 Å². The van der Waals surface area contributed by atoms with E-state index in [0.29, 0.717) is 11.3 Å². The van der Waals surface area contributed by atoms with Gasteiger partial charge < -0.3 is 0 Å². The van der Waals surface area contributed by atoms with Crippen LogP contribution in [0.1, 0.15) is 23.0 Å². The van der Waals surface area contributed by atoms with Crippen molar-refractivity contribution in [2.75, 3.05) is 0 Å². The van der Waals surface area contributed by atoms with Crippen LogP contribution in [0.5, 0.6) is 0 Å². The van der Waals surface area contributed by atoms with Crippen molar-refractivity contribution >= 4 is 23.2 Å². The van der Waals surface area contributed by atoms with Crippen molar-refractivity contribution in [3.63, 3.8) is 0 Å². The molecule has 6 heteroatoms. The van der Waals surface area contributed by atoms with Crippen LogP contribution in [0, 0.1) is 5.82 Å². The van der Waals surface area contributed by atoms with E-state index in [2.05, 4.69) is 10.1 Å². The summed E-state index contributed by atoms with van der Waals surface area (Å²) in [5, 5.41) is 6.73. The summed E-state index contributed by atoms with van der Waals surface area (Å²) in [6.07, 6.45) is 6.44. The molecule has 0 aliphatic carbocycles. The molecule has 0 saturated carbocycles. The van der Waals surface area contributed by atoms with Crippen LogP contribution < -0.4 is 0 Å². The first-order chi connectivity index (χ1) is 11.2. The van der Waals surface area contributed by atoms with Crippen molar-refractivity contribution in [3.8, 4) is 10.6 Å². The van der Waals surface area contributed by atoms with Crippen molar-refractivity contribution in [3.05, 3.63) is 65.2 Å². The molecule has 0 aliphatic rings. The van der Waals surface area contributed by atoms with Gasteiger partial charge in [-0.3, -0.25) is 9.48 Å². The second-order valence-corrected chi connectivity index (χ2v) is 5.72. The first-order valence-corrected chi connectivity index (χ1v) is 8.00. The molecule has 0 aliphatic heterocycles. The molecule has 0 saturated heterocycles. The molecular weight excluding hydrogens is 313 g/mol. The number of carbonyl (C=O) groups excluding carboxylic acids is 1. The molecule has 0 fully saturated rings. The van der Waals surface area contributed by atoms with Crippen molar-refractivity contribution in [1.82, 2.24) is 14.8 Å². The number of allylic oxidation sites excluding steroid dienone is 1. The quantitative estimate of drug-likeness (QED) is 0.524. The number of hydrogen-bond donors (Lipinski definition) is 0. The van der Waals surface area contributed by atoms with E-state index in [9.17, 15) is 9.18 Å². The highest BCUT2D eigenvalue weighted by Gasteiger charge is 2.06. The molecule has 3 rings (SSSR count). The lowest BCUT2D eigenvalue weighted by molar-refractivity contribution is 0.104. The molecule has 0 N–H and O–H groups in total. The molecule has 2 heterocycles. The van der Waals surface area contributed by atoms with Gasteiger partial charge in [0.25, 0.3) is 0 Å². The Labute approximate surface area is 136 Å². The van der Waals surface area contributed by atoms with Crippen molar-refractivity contribution in [2.45, 2.75) is 13.5 Å². The standard InChI is InChI=1S/C17H14FN3OS/c1-2-21-10-13(9-19-21)16(22)8-7-15-11-23-17(20-15)12-3-5-14(18)6-4-12/h3-11H,2H2,1H3/b8-7+. The minimum Gasteiger partial charge on any atom is -0.289 e. The van der Waals surface area contributed by atoms with Gasteiger partial charge in [-0.2, -0.15) is 5.10 Å². The van der Waals surface area contributed by atoms with Crippen LogP contribution in [-0.4, -0.2) is 20.5 Å². The Balaban J connectivity index is 1.73. The Morgan fingerprint density at radius 2 is 2.13 bits per heavy atom. The van der Waals surface area contributed by atoms with Gasteiger partial charge in [0.15, 0.2) is 5.78 Å². The predicted molar refractivity (Wildman–Crippen MR) is 88.8 cm³/mol. The smallest absolute Gasteiger partial charge is 0.189 e.